The summed E-state index contributed by atoms with van der Waals surface area (Å²) in [6, 6.07) is 7.58. The molecule has 0 aliphatic carbocycles. The Morgan fingerprint density at radius 3 is 2.60 bits per heavy atom. The van der Waals surface area contributed by atoms with Crippen LogP contribution in [0.4, 0.5) is 4.39 Å². The van der Waals surface area contributed by atoms with Gasteiger partial charge in [-0.3, -0.25) is 9.69 Å². The minimum atomic E-state index is -0.303. The zero-order valence-electron chi connectivity index (χ0n) is 16.7. The predicted octanol–water partition coefficient (Wildman–Crippen LogP) is 3.30. The second-order valence-electron chi connectivity index (χ2n) is 8.00. The number of fused-ring (bicyclic) bond motifs is 3. The van der Waals surface area contributed by atoms with E-state index in [9.17, 15) is 9.18 Å². The molecule has 2 bridgehead atoms. The smallest absolute Gasteiger partial charge is 0.291 e. The SMILES string of the molecule is COc1c(C(=O)NC2CC3CCC(C2)N3Cc2ccc(F)cc2)oc2nccnc12. The number of hydrogen-bond donors (Lipinski definition) is 1. The maximum atomic E-state index is 13.2. The molecule has 1 N–H and O–H groups in total. The molecule has 1 aromatic carbocycles. The van der Waals surface area contributed by atoms with Crippen molar-refractivity contribution in [3.8, 4) is 5.75 Å². The summed E-state index contributed by atoms with van der Waals surface area (Å²) in [4.78, 5) is 23.7. The lowest BCUT2D eigenvalue weighted by Crippen LogP contribution is -2.49. The molecule has 0 radical (unpaired) electrons. The standard InChI is InChI=1S/C22H23FN4O3/c1-29-19-18-22(25-9-8-24-18)30-20(19)21(28)26-15-10-16-6-7-17(11-15)27(16)12-13-2-4-14(23)5-3-13/h2-5,8-9,15-17H,6-7,10-12H2,1H3,(H,26,28). The normalized spacial score (nSPS) is 23.6. The van der Waals surface area contributed by atoms with Crippen LogP contribution >= 0.6 is 0 Å². The maximum Gasteiger partial charge on any atom is 0.291 e. The summed E-state index contributed by atoms with van der Waals surface area (Å²) in [6.07, 6.45) is 7.03. The number of carbonyl (C=O) groups is 1. The Bertz CT molecular complexity index is 1050. The van der Waals surface area contributed by atoms with Gasteiger partial charge in [0.05, 0.1) is 7.11 Å². The lowest BCUT2D eigenvalue weighted by Gasteiger charge is -2.39. The average molecular weight is 410 g/mol. The molecule has 2 atom stereocenters. The van der Waals surface area contributed by atoms with Gasteiger partial charge in [-0.1, -0.05) is 12.1 Å². The van der Waals surface area contributed by atoms with Crippen LogP contribution < -0.4 is 10.1 Å². The van der Waals surface area contributed by atoms with E-state index in [1.807, 2.05) is 12.1 Å². The summed E-state index contributed by atoms with van der Waals surface area (Å²) in [5.41, 5.74) is 1.84. The number of aromatic nitrogens is 2. The van der Waals surface area contributed by atoms with Crippen LogP contribution in [0.15, 0.2) is 41.1 Å². The van der Waals surface area contributed by atoms with E-state index < -0.39 is 0 Å². The molecule has 3 aromatic rings. The fraction of sp³-hybridized carbons (Fsp3) is 0.409. The van der Waals surface area contributed by atoms with Crippen molar-refractivity contribution >= 4 is 17.1 Å². The molecule has 156 valence electrons. The van der Waals surface area contributed by atoms with E-state index in [-0.39, 0.29) is 29.2 Å². The van der Waals surface area contributed by atoms with Crippen molar-refractivity contribution in [1.29, 1.82) is 0 Å². The Labute approximate surface area is 173 Å². The summed E-state index contributed by atoms with van der Waals surface area (Å²) < 4.78 is 24.2. The van der Waals surface area contributed by atoms with Gasteiger partial charge in [0.2, 0.25) is 11.5 Å². The molecule has 2 aromatic heterocycles. The number of amides is 1. The number of carbonyl (C=O) groups excluding carboxylic acids is 1. The van der Waals surface area contributed by atoms with Crippen molar-refractivity contribution in [1.82, 2.24) is 20.2 Å². The molecule has 2 unspecified atom stereocenters. The van der Waals surface area contributed by atoms with Crippen LogP contribution in [-0.4, -0.2) is 46.0 Å². The van der Waals surface area contributed by atoms with Gasteiger partial charge in [0.25, 0.3) is 5.91 Å². The molecule has 2 fully saturated rings. The van der Waals surface area contributed by atoms with Crippen LogP contribution in [0.5, 0.6) is 5.75 Å². The van der Waals surface area contributed by atoms with Gasteiger partial charge < -0.3 is 14.5 Å². The van der Waals surface area contributed by atoms with E-state index in [1.54, 1.807) is 0 Å². The molecule has 0 saturated carbocycles. The molecule has 1 amide bonds. The molecule has 2 aliphatic heterocycles. The fourth-order valence-electron chi connectivity index (χ4n) is 4.85. The monoisotopic (exact) mass is 410 g/mol. The molecule has 0 spiro atoms. The number of ether oxygens (including phenoxy) is 1. The Balaban J connectivity index is 1.28. The lowest BCUT2D eigenvalue weighted by atomic mass is 9.96. The molecule has 7 nitrogen and oxygen atoms in total. The minimum absolute atomic E-state index is 0.0679. The summed E-state index contributed by atoms with van der Waals surface area (Å²) in [5, 5.41) is 3.12. The summed E-state index contributed by atoms with van der Waals surface area (Å²) in [5.74, 6) is -0.0929. The van der Waals surface area contributed by atoms with Crippen LogP contribution in [0.2, 0.25) is 0 Å². The highest BCUT2D eigenvalue weighted by Gasteiger charge is 2.41. The van der Waals surface area contributed by atoms with E-state index in [2.05, 4.69) is 20.2 Å². The van der Waals surface area contributed by atoms with E-state index in [4.69, 9.17) is 9.15 Å². The van der Waals surface area contributed by atoms with E-state index in [1.165, 1.54) is 31.6 Å². The van der Waals surface area contributed by atoms with Gasteiger partial charge in [0.1, 0.15) is 5.82 Å². The van der Waals surface area contributed by atoms with Crippen LogP contribution in [0.3, 0.4) is 0 Å². The van der Waals surface area contributed by atoms with E-state index in [0.717, 1.165) is 37.8 Å². The first-order valence-electron chi connectivity index (χ1n) is 10.2. The van der Waals surface area contributed by atoms with Gasteiger partial charge in [-0.05, 0) is 43.4 Å². The van der Waals surface area contributed by atoms with E-state index >= 15 is 0 Å². The van der Waals surface area contributed by atoms with Gasteiger partial charge in [-0.15, -0.1) is 0 Å². The van der Waals surface area contributed by atoms with Gasteiger partial charge in [0.15, 0.2) is 11.3 Å². The summed E-state index contributed by atoms with van der Waals surface area (Å²) in [6.45, 7) is 0.811. The van der Waals surface area contributed by atoms with Crippen LogP contribution in [0.25, 0.3) is 11.2 Å². The molecule has 30 heavy (non-hydrogen) atoms. The Kier molecular flexibility index (Phi) is 4.86. The minimum Gasteiger partial charge on any atom is -0.491 e. The molecule has 4 heterocycles. The largest absolute Gasteiger partial charge is 0.491 e. The van der Waals surface area contributed by atoms with Crippen molar-refractivity contribution in [2.75, 3.05) is 7.11 Å². The quantitative estimate of drug-likeness (QED) is 0.695. The topological polar surface area (TPSA) is 80.5 Å². The molecule has 5 rings (SSSR count). The third kappa shape index (κ3) is 3.41. The van der Waals surface area contributed by atoms with Crippen molar-refractivity contribution in [3.63, 3.8) is 0 Å². The Hall–Kier alpha value is -3.00. The van der Waals surface area contributed by atoms with Crippen LogP contribution in [-0.2, 0) is 6.54 Å². The van der Waals surface area contributed by atoms with Crippen molar-refractivity contribution in [2.45, 2.75) is 50.4 Å². The number of benzene rings is 1. The molecule has 8 heteroatoms. The first kappa shape index (κ1) is 19.0. The van der Waals surface area contributed by atoms with Crippen LogP contribution in [0, 0.1) is 5.82 Å². The van der Waals surface area contributed by atoms with E-state index in [0.29, 0.717) is 23.3 Å². The zero-order valence-corrected chi connectivity index (χ0v) is 16.7. The lowest BCUT2D eigenvalue weighted by molar-refractivity contribution is 0.0802. The number of furan rings is 1. The third-order valence-corrected chi connectivity index (χ3v) is 6.19. The number of rotatable bonds is 5. The van der Waals surface area contributed by atoms with Crippen molar-refractivity contribution in [2.24, 2.45) is 0 Å². The molecule has 2 saturated heterocycles. The van der Waals surface area contributed by atoms with Crippen molar-refractivity contribution in [3.05, 3.63) is 53.8 Å². The van der Waals surface area contributed by atoms with Gasteiger partial charge in [-0.2, -0.15) is 0 Å². The third-order valence-electron chi connectivity index (χ3n) is 6.19. The Morgan fingerprint density at radius 1 is 1.20 bits per heavy atom. The number of methoxy groups -OCH3 is 1. The number of hydrogen-bond acceptors (Lipinski definition) is 6. The summed E-state index contributed by atoms with van der Waals surface area (Å²) >= 11 is 0. The fourth-order valence-corrected chi connectivity index (χ4v) is 4.85. The Morgan fingerprint density at radius 2 is 1.90 bits per heavy atom. The zero-order chi connectivity index (χ0) is 20.7. The number of piperidine rings is 1. The van der Waals surface area contributed by atoms with Gasteiger partial charge >= 0.3 is 0 Å². The highest BCUT2D eigenvalue weighted by Crippen LogP contribution is 2.37. The van der Waals surface area contributed by atoms with Gasteiger partial charge in [-0.25, -0.2) is 14.4 Å². The van der Waals surface area contributed by atoms with Crippen LogP contribution in [0.1, 0.15) is 41.8 Å². The van der Waals surface area contributed by atoms with Gasteiger partial charge in [0, 0.05) is 37.1 Å². The number of nitrogens with zero attached hydrogens (tertiary/aromatic N) is 3. The highest BCUT2D eigenvalue weighted by molar-refractivity contribution is 5.99. The maximum absolute atomic E-state index is 13.2. The number of halogens is 1. The molecule has 2 aliphatic rings. The molecular formula is C22H23FN4O3. The second-order valence-corrected chi connectivity index (χ2v) is 8.00. The first-order valence-corrected chi connectivity index (χ1v) is 10.2. The molecular weight excluding hydrogens is 387 g/mol. The first-order chi connectivity index (χ1) is 14.6. The second kappa shape index (κ2) is 7.68. The summed E-state index contributed by atoms with van der Waals surface area (Å²) in [7, 11) is 1.49. The predicted molar refractivity (Wildman–Crippen MR) is 108 cm³/mol. The van der Waals surface area contributed by atoms with Crippen molar-refractivity contribution < 1.29 is 18.3 Å². The highest BCUT2D eigenvalue weighted by atomic mass is 19.1. The number of nitrogens with one attached hydrogen (secondary N) is 1. The average Bonchev–Trinajstić information content (AvgIpc) is 3.23.